The summed E-state index contributed by atoms with van der Waals surface area (Å²) in [4.78, 5) is 20.7. The number of pyridine rings is 1. The minimum absolute atomic E-state index is 0.252. The van der Waals surface area contributed by atoms with Crippen molar-refractivity contribution in [3.63, 3.8) is 0 Å². The predicted octanol–water partition coefficient (Wildman–Crippen LogP) is 4.81. The Morgan fingerprint density at radius 1 is 1.03 bits per heavy atom. The average Bonchev–Trinajstić information content (AvgIpc) is 2.96. The van der Waals surface area contributed by atoms with Gasteiger partial charge in [0, 0.05) is 35.3 Å². The molecule has 3 aromatic carbocycles. The van der Waals surface area contributed by atoms with Crippen LogP contribution in [-0.4, -0.2) is 50.3 Å². The highest BCUT2D eigenvalue weighted by Crippen LogP contribution is 2.37. The van der Waals surface area contributed by atoms with Crippen molar-refractivity contribution in [2.75, 3.05) is 49.4 Å². The van der Waals surface area contributed by atoms with Crippen molar-refractivity contribution < 1.29 is 14.3 Å². The molecule has 0 atom stereocenters. The highest BCUT2D eigenvalue weighted by molar-refractivity contribution is 6.31. The van der Waals surface area contributed by atoms with Gasteiger partial charge in [-0.3, -0.25) is 20.2 Å². The first kappa shape index (κ1) is 24.0. The Bertz CT molecular complexity index is 1580. The molecule has 8 nitrogen and oxygen atoms in total. The maximum absolute atomic E-state index is 13.8. The summed E-state index contributed by atoms with van der Waals surface area (Å²) in [5.74, 6) is 0.476. The molecule has 3 heterocycles. The molecule has 1 N–H and O–H groups in total. The number of hydrogen-bond donors (Lipinski definition) is 1. The van der Waals surface area contributed by atoms with Crippen molar-refractivity contribution in [1.29, 1.82) is 5.26 Å². The number of anilines is 2. The number of benzene rings is 3. The van der Waals surface area contributed by atoms with Crippen LogP contribution in [0.4, 0.5) is 11.4 Å². The van der Waals surface area contributed by atoms with Gasteiger partial charge >= 0.3 is 0 Å². The van der Waals surface area contributed by atoms with Gasteiger partial charge in [0.15, 0.2) is 0 Å². The highest BCUT2D eigenvalue weighted by atomic mass is 35.5. The number of hydrogen-bond acceptors (Lipinski definition) is 7. The van der Waals surface area contributed by atoms with Crippen molar-refractivity contribution in [3.8, 4) is 22.9 Å². The van der Waals surface area contributed by atoms with Crippen molar-refractivity contribution in [3.05, 3.63) is 83.0 Å². The van der Waals surface area contributed by atoms with E-state index in [0.717, 1.165) is 39.2 Å². The minimum atomic E-state index is -0.252. The molecule has 6 rings (SSSR count). The lowest BCUT2D eigenvalue weighted by Gasteiger charge is -2.33. The maximum Gasteiger partial charge on any atom is 0.273 e. The monoisotopic (exact) mass is 525 g/mol. The van der Waals surface area contributed by atoms with Gasteiger partial charge in [-0.1, -0.05) is 41.9 Å². The first-order valence-corrected chi connectivity index (χ1v) is 12.8. The number of amides is 1. The van der Waals surface area contributed by atoms with E-state index in [9.17, 15) is 10.1 Å². The van der Waals surface area contributed by atoms with Gasteiger partial charge in [-0.15, -0.1) is 0 Å². The third kappa shape index (κ3) is 4.47. The van der Waals surface area contributed by atoms with Gasteiger partial charge in [-0.05, 0) is 35.9 Å². The molecule has 4 aromatic rings. The number of nitrogens with zero attached hydrogens (tertiary/aromatic N) is 4. The number of carbonyl (C=O) groups is 1. The molecule has 0 aliphatic carbocycles. The molecule has 190 valence electrons. The fourth-order valence-electron chi connectivity index (χ4n) is 5.01. The molecule has 2 aliphatic heterocycles. The number of hydrazine groups is 1. The summed E-state index contributed by atoms with van der Waals surface area (Å²) in [6.45, 7) is 3.44. The molecule has 1 amide bonds. The molecule has 9 heteroatoms. The second kappa shape index (κ2) is 10.2. The lowest BCUT2D eigenvalue weighted by Crippen LogP contribution is -2.47. The second-order valence-corrected chi connectivity index (χ2v) is 9.51. The van der Waals surface area contributed by atoms with Gasteiger partial charge in [-0.25, -0.2) is 0 Å². The number of rotatable bonds is 4. The number of nitrogens with one attached hydrogen (secondary N) is 1. The molecule has 0 unspecified atom stereocenters. The third-order valence-corrected chi connectivity index (χ3v) is 6.96. The Balaban J connectivity index is 1.46. The Morgan fingerprint density at radius 2 is 1.87 bits per heavy atom. The van der Waals surface area contributed by atoms with Crippen molar-refractivity contribution in [2.24, 2.45) is 0 Å². The van der Waals surface area contributed by atoms with Crippen molar-refractivity contribution in [1.82, 2.24) is 10.4 Å². The first-order chi connectivity index (χ1) is 18.6. The predicted molar refractivity (Wildman–Crippen MR) is 147 cm³/mol. The number of halogens is 1. The fourth-order valence-corrected chi connectivity index (χ4v) is 5.25. The van der Waals surface area contributed by atoms with Crippen LogP contribution in [0.15, 0.2) is 66.9 Å². The van der Waals surface area contributed by atoms with Crippen molar-refractivity contribution in [2.45, 2.75) is 0 Å². The van der Waals surface area contributed by atoms with Crippen LogP contribution in [0.2, 0.25) is 5.02 Å². The normalized spacial score (nSPS) is 14.9. The molecular weight excluding hydrogens is 502 g/mol. The third-order valence-electron chi connectivity index (χ3n) is 6.74. The molecule has 38 heavy (non-hydrogen) atoms. The standard InChI is InChI=1S/C29H24ClN5O3/c30-21-15-19(17-31)14-20(16-21)22-4-3-5-23-27(22)32-18-24(28(23)34-8-11-37-12-9-34)29(36)33-35-10-13-38-26-7-2-1-6-25(26)35/h1-7,14-16,18H,8-13H2,(H,33,36). The summed E-state index contributed by atoms with van der Waals surface area (Å²) in [5, 5.41) is 12.6. The number of morpholine rings is 1. The quantitative estimate of drug-likeness (QED) is 0.409. The zero-order chi connectivity index (χ0) is 26.1. The zero-order valence-corrected chi connectivity index (χ0v) is 21.2. The molecule has 1 fully saturated rings. The van der Waals surface area contributed by atoms with E-state index in [1.54, 1.807) is 18.3 Å². The number of ether oxygens (including phenoxy) is 2. The largest absolute Gasteiger partial charge is 0.489 e. The number of aromatic nitrogens is 1. The SMILES string of the molecule is N#Cc1cc(Cl)cc(-c2cccc3c(N4CCOCC4)c(C(=O)NN4CCOc5ccccc54)cnc23)c1. The van der Waals surface area contributed by atoms with E-state index >= 15 is 0 Å². The Hall–Kier alpha value is -4.32. The van der Waals surface area contributed by atoms with Crippen LogP contribution >= 0.6 is 11.6 Å². The van der Waals surface area contributed by atoms with Crippen LogP contribution in [0.5, 0.6) is 5.75 Å². The molecular formula is C29H24ClN5O3. The summed E-state index contributed by atoms with van der Waals surface area (Å²) < 4.78 is 11.3. The van der Waals surface area contributed by atoms with Crippen molar-refractivity contribution >= 4 is 39.8 Å². The van der Waals surface area contributed by atoms with Gasteiger partial charge in [0.25, 0.3) is 5.91 Å². The lowest BCUT2D eigenvalue weighted by molar-refractivity contribution is 0.0943. The number of nitriles is 1. The average molecular weight is 526 g/mol. The summed E-state index contributed by atoms with van der Waals surface area (Å²) >= 11 is 6.32. The number of para-hydroxylation sites is 3. The summed E-state index contributed by atoms with van der Waals surface area (Å²) in [6, 6.07) is 20.9. The zero-order valence-electron chi connectivity index (χ0n) is 20.5. The topological polar surface area (TPSA) is 90.7 Å². The van der Waals surface area contributed by atoms with E-state index in [0.29, 0.717) is 55.6 Å². The van der Waals surface area contributed by atoms with E-state index < -0.39 is 0 Å². The van der Waals surface area contributed by atoms with Crippen LogP contribution < -0.4 is 20.1 Å². The molecule has 2 aliphatic rings. The number of fused-ring (bicyclic) bond motifs is 2. The second-order valence-electron chi connectivity index (χ2n) is 9.07. The van der Waals surface area contributed by atoms with Gasteiger partial charge in [-0.2, -0.15) is 5.26 Å². The molecule has 0 bridgehead atoms. The summed E-state index contributed by atoms with van der Waals surface area (Å²) in [6.07, 6.45) is 1.63. The molecule has 0 spiro atoms. The molecule has 1 saturated heterocycles. The maximum atomic E-state index is 13.8. The van der Waals surface area contributed by atoms with Crippen LogP contribution in [0, 0.1) is 11.3 Å². The first-order valence-electron chi connectivity index (χ1n) is 12.4. The number of carbonyl (C=O) groups excluding carboxylic acids is 1. The summed E-state index contributed by atoms with van der Waals surface area (Å²) in [7, 11) is 0. The van der Waals surface area contributed by atoms with Crippen LogP contribution in [0.3, 0.4) is 0 Å². The summed E-state index contributed by atoms with van der Waals surface area (Å²) in [5.41, 5.74) is 7.99. The van der Waals surface area contributed by atoms with E-state index in [4.69, 9.17) is 26.1 Å². The van der Waals surface area contributed by atoms with Gasteiger partial charge in [0.05, 0.1) is 53.8 Å². The Kier molecular flexibility index (Phi) is 6.46. The van der Waals surface area contributed by atoms with Crippen LogP contribution in [0.25, 0.3) is 22.0 Å². The molecule has 0 radical (unpaired) electrons. The van der Waals surface area contributed by atoms with Gasteiger partial charge in [0.1, 0.15) is 12.4 Å². The van der Waals surface area contributed by atoms with E-state index in [2.05, 4.69) is 16.4 Å². The van der Waals surface area contributed by atoms with Crippen LogP contribution in [0.1, 0.15) is 15.9 Å². The minimum Gasteiger partial charge on any atom is -0.489 e. The smallest absolute Gasteiger partial charge is 0.273 e. The van der Waals surface area contributed by atoms with E-state index in [-0.39, 0.29) is 5.91 Å². The fraction of sp³-hybridized carbons (Fsp3) is 0.207. The molecule has 1 aromatic heterocycles. The van der Waals surface area contributed by atoms with E-state index in [1.165, 1.54) is 0 Å². The lowest BCUT2D eigenvalue weighted by atomic mass is 9.98. The van der Waals surface area contributed by atoms with Gasteiger partial charge in [0.2, 0.25) is 0 Å². The van der Waals surface area contributed by atoms with Gasteiger partial charge < -0.3 is 14.4 Å². The molecule has 0 saturated carbocycles. The Labute approximate surface area is 224 Å². The van der Waals surface area contributed by atoms with Crippen LogP contribution in [-0.2, 0) is 4.74 Å². The van der Waals surface area contributed by atoms with E-state index in [1.807, 2.05) is 53.5 Å². The Morgan fingerprint density at radius 3 is 2.71 bits per heavy atom. The highest BCUT2D eigenvalue weighted by Gasteiger charge is 2.26.